The second-order valence-corrected chi connectivity index (χ2v) is 3.34. The molecular formula is C11H11N5. The normalized spacial score (nSPS) is 9.69. The highest BCUT2D eigenvalue weighted by Crippen LogP contribution is 2.17. The minimum Gasteiger partial charge on any atom is -0.398 e. The number of benzene rings is 1. The molecule has 5 nitrogen and oxygen atoms in total. The maximum absolute atomic E-state index is 8.82. The van der Waals surface area contributed by atoms with Crippen LogP contribution < -0.4 is 11.1 Å². The van der Waals surface area contributed by atoms with E-state index in [1.807, 2.05) is 12.1 Å². The molecule has 0 aliphatic heterocycles. The first-order valence-corrected chi connectivity index (χ1v) is 4.80. The SMILES string of the molecule is N#Cc1cc(NCc2cnc[nH]2)ccc1N. The summed E-state index contributed by atoms with van der Waals surface area (Å²) in [6, 6.07) is 7.33. The van der Waals surface area contributed by atoms with E-state index in [1.54, 1.807) is 24.7 Å². The first kappa shape index (κ1) is 10.1. The zero-order valence-electron chi connectivity index (χ0n) is 8.57. The van der Waals surface area contributed by atoms with Gasteiger partial charge in [0.05, 0.1) is 24.1 Å². The molecule has 0 unspecified atom stereocenters. The Morgan fingerprint density at radius 1 is 1.50 bits per heavy atom. The summed E-state index contributed by atoms with van der Waals surface area (Å²) >= 11 is 0. The number of nitriles is 1. The van der Waals surface area contributed by atoms with Crippen LogP contribution in [0.15, 0.2) is 30.7 Å². The minimum atomic E-state index is 0.481. The van der Waals surface area contributed by atoms with E-state index in [1.165, 1.54) is 0 Å². The third kappa shape index (κ3) is 2.12. The van der Waals surface area contributed by atoms with E-state index in [0.717, 1.165) is 11.4 Å². The molecule has 1 aromatic carbocycles. The van der Waals surface area contributed by atoms with Crippen LogP contribution in [0.3, 0.4) is 0 Å². The average Bonchev–Trinajstić information content (AvgIpc) is 2.81. The molecule has 0 saturated heterocycles. The van der Waals surface area contributed by atoms with Crippen molar-refractivity contribution in [3.8, 4) is 6.07 Å². The van der Waals surface area contributed by atoms with Gasteiger partial charge in [0.15, 0.2) is 0 Å². The minimum absolute atomic E-state index is 0.481. The van der Waals surface area contributed by atoms with Crippen LogP contribution in [0, 0.1) is 11.3 Å². The maximum Gasteiger partial charge on any atom is 0.101 e. The fourth-order valence-electron chi connectivity index (χ4n) is 1.34. The van der Waals surface area contributed by atoms with Gasteiger partial charge in [-0.1, -0.05) is 0 Å². The highest BCUT2D eigenvalue weighted by Gasteiger charge is 2.00. The van der Waals surface area contributed by atoms with Gasteiger partial charge in [0.1, 0.15) is 6.07 Å². The highest BCUT2D eigenvalue weighted by atomic mass is 14.9. The van der Waals surface area contributed by atoms with Crippen molar-refractivity contribution in [3.05, 3.63) is 42.0 Å². The third-order valence-corrected chi connectivity index (χ3v) is 2.21. The highest BCUT2D eigenvalue weighted by molar-refractivity contribution is 5.61. The van der Waals surface area contributed by atoms with E-state index >= 15 is 0 Å². The van der Waals surface area contributed by atoms with Crippen LogP contribution in [0.1, 0.15) is 11.3 Å². The molecule has 0 aliphatic carbocycles. The molecule has 0 atom stereocenters. The first-order chi connectivity index (χ1) is 7.79. The molecule has 1 heterocycles. The lowest BCUT2D eigenvalue weighted by Gasteiger charge is -2.06. The summed E-state index contributed by atoms with van der Waals surface area (Å²) < 4.78 is 0. The largest absolute Gasteiger partial charge is 0.398 e. The van der Waals surface area contributed by atoms with Crippen LogP contribution in [0.2, 0.25) is 0 Å². The molecule has 0 aliphatic rings. The molecular weight excluding hydrogens is 202 g/mol. The van der Waals surface area contributed by atoms with Crippen LogP contribution in [0.4, 0.5) is 11.4 Å². The number of aromatic nitrogens is 2. The Morgan fingerprint density at radius 3 is 3.06 bits per heavy atom. The number of hydrogen-bond donors (Lipinski definition) is 3. The van der Waals surface area contributed by atoms with Crippen molar-refractivity contribution in [2.24, 2.45) is 0 Å². The van der Waals surface area contributed by atoms with E-state index in [-0.39, 0.29) is 0 Å². The zero-order chi connectivity index (χ0) is 11.4. The summed E-state index contributed by atoms with van der Waals surface area (Å²) in [7, 11) is 0. The number of H-pyrrole nitrogens is 1. The molecule has 0 spiro atoms. The lowest BCUT2D eigenvalue weighted by molar-refractivity contribution is 1.07. The topological polar surface area (TPSA) is 90.5 Å². The first-order valence-electron chi connectivity index (χ1n) is 4.80. The molecule has 4 N–H and O–H groups in total. The summed E-state index contributed by atoms with van der Waals surface area (Å²) in [5.74, 6) is 0. The molecule has 0 bridgehead atoms. The van der Waals surface area contributed by atoms with E-state index in [0.29, 0.717) is 17.8 Å². The van der Waals surface area contributed by atoms with Crippen molar-refractivity contribution < 1.29 is 0 Å². The Morgan fingerprint density at radius 2 is 2.38 bits per heavy atom. The second kappa shape index (κ2) is 4.36. The van der Waals surface area contributed by atoms with Crippen LogP contribution in [-0.2, 0) is 6.54 Å². The number of hydrogen-bond acceptors (Lipinski definition) is 4. The number of nitrogen functional groups attached to an aromatic ring is 1. The molecule has 2 aromatic rings. The smallest absolute Gasteiger partial charge is 0.101 e. The van der Waals surface area contributed by atoms with E-state index in [9.17, 15) is 0 Å². The number of nitrogens with two attached hydrogens (primary N) is 1. The monoisotopic (exact) mass is 213 g/mol. The predicted molar refractivity (Wildman–Crippen MR) is 61.5 cm³/mol. The van der Waals surface area contributed by atoms with E-state index in [4.69, 9.17) is 11.0 Å². The van der Waals surface area contributed by atoms with Gasteiger partial charge in [-0.05, 0) is 18.2 Å². The second-order valence-electron chi connectivity index (χ2n) is 3.34. The number of nitrogens with one attached hydrogen (secondary N) is 2. The van der Waals surface area contributed by atoms with Gasteiger partial charge < -0.3 is 16.0 Å². The molecule has 0 amide bonds. The standard InChI is InChI=1S/C11H11N5/c12-4-8-3-9(1-2-11(8)13)15-6-10-5-14-7-16-10/h1-3,5,7,15H,6,13H2,(H,14,16). The van der Waals surface area contributed by atoms with E-state index < -0.39 is 0 Å². The molecule has 0 saturated carbocycles. The van der Waals surface area contributed by atoms with Gasteiger partial charge >= 0.3 is 0 Å². The summed E-state index contributed by atoms with van der Waals surface area (Å²) in [6.45, 7) is 0.634. The predicted octanol–water partition coefficient (Wildman–Crippen LogP) is 1.48. The van der Waals surface area contributed by atoms with Gasteiger partial charge in [0.2, 0.25) is 0 Å². The van der Waals surface area contributed by atoms with Crippen LogP contribution >= 0.6 is 0 Å². The maximum atomic E-state index is 8.82. The van der Waals surface area contributed by atoms with Crippen molar-refractivity contribution in [2.75, 3.05) is 11.1 Å². The van der Waals surface area contributed by atoms with Crippen molar-refractivity contribution in [1.82, 2.24) is 9.97 Å². The van der Waals surface area contributed by atoms with Gasteiger partial charge in [-0.3, -0.25) is 0 Å². The van der Waals surface area contributed by atoms with Crippen LogP contribution in [0.25, 0.3) is 0 Å². The average molecular weight is 213 g/mol. The molecule has 16 heavy (non-hydrogen) atoms. The third-order valence-electron chi connectivity index (χ3n) is 2.21. The molecule has 1 aromatic heterocycles. The quantitative estimate of drug-likeness (QED) is 0.673. The van der Waals surface area contributed by atoms with Crippen molar-refractivity contribution in [3.63, 3.8) is 0 Å². The lowest BCUT2D eigenvalue weighted by Crippen LogP contribution is -2.00. The van der Waals surface area contributed by atoms with Gasteiger partial charge in [-0.2, -0.15) is 5.26 Å². The zero-order valence-corrected chi connectivity index (χ0v) is 8.57. The van der Waals surface area contributed by atoms with Gasteiger partial charge in [-0.15, -0.1) is 0 Å². The van der Waals surface area contributed by atoms with Gasteiger partial charge in [0.25, 0.3) is 0 Å². The number of anilines is 2. The summed E-state index contributed by atoms with van der Waals surface area (Å²) in [6.07, 6.45) is 3.37. The molecule has 5 heteroatoms. The molecule has 0 fully saturated rings. The Kier molecular flexibility index (Phi) is 2.74. The van der Waals surface area contributed by atoms with Gasteiger partial charge in [0, 0.05) is 17.6 Å². The summed E-state index contributed by atoms with van der Waals surface area (Å²) in [5, 5.41) is 12.0. The van der Waals surface area contributed by atoms with Crippen LogP contribution in [0.5, 0.6) is 0 Å². The fourth-order valence-corrected chi connectivity index (χ4v) is 1.34. The summed E-state index contributed by atoms with van der Waals surface area (Å²) in [5.41, 5.74) is 8.44. The number of nitrogens with zero attached hydrogens (tertiary/aromatic N) is 2. The fraction of sp³-hybridized carbons (Fsp3) is 0.0909. The number of aromatic amines is 1. The Bertz CT molecular complexity index is 510. The van der Waals surface area contributed by atoms with Gasteiger partial charge in [-0.25, -0.2) is 4.98 Å². The molecule has 80 valence electrons. The number of rotatable bonds is 3. The molecule has 2 rings (SSSR count). The van der Waals surface area contributed by atoms with Crippen LogP contribution in [-0.4, -0.2) is 9.97 Å². The Labute approximate surface area is 92.9 Å². The van der Waals surface area contributed by atoms with Crippen molar-refractivity contribution in [2.45, 2.75) is 6.54 Å². The lowest BCUT2D eigenvalue weighted by atomic mass is 10.2. The molecule has 0 radical (unpaired) electrons. The van der Waals surface area contributed by atoms with Crippen molar-refractivity contribution >= 4 is 11.4 Å². The van der Waals surface area contributed by atoms with Crippen molar-refractivity contribution in [1.29, 1.82) is 5.26 Å². The number of imidazole rings is 1. The summed E-state index contributed by atoms with van der Waals surface area (Å²) in [4.78, 5) is 6.90. The Balaban J connectivity index is 2.08. The van der Waals surface area contributed by atoms with E-state index in [2.05, 4.69) is 15.3 Å². The Hall–Kier alpha value is -2.48.